The summed E-state index contributed by atoms with van der Waals surface area (Å²) in [4.78, 5) is 8.69. The normalized spacial score (nSPS) is 10.3. The zero-order valence-corrected chi connectivity index (χ0v) is 13.3. The molecule has 0 radical (unpaired) electrons. The molecule has 1 heterocycles. The lowest BCUT2D eigenvalue weighted by atomic mass is 10.2. The van der Waals surface area contributed by atoms with Crippen molar-refractivity contribution in [2.75, 3.05) is 19.5 Å². The summed E-state index contributed by atoms with van der Waals surface area (Å²) in [7, 11) is 3.20. The maximum Gasteiger partial charge on any atom is 0.162 e. The second-order valence-corrected chi connectivity index (χ2v) is 4.81. The van der Waals surface area contributed by atoms with Crippen LogP contribution in [0.15, 0.2) is 18.2 Å². The van der Waals surface area contributed by atoms with Gasteiger partial charge < -0.3 is 14.8 Å². The lowest BCUT2D eigenvalue weighted by molar-refractivity contribution is 0.355. The molecule has 2 rings (SSSR count). The van der Waals surface area contributed by atoms with Crippen molar-refractivity contribution in [2.45, 2.75) is 20.3 Å². The van der Waals surface area contributed by atoms with E-state index < -0.39 is 0 Å². The third-order valence-electron chi connectivity index (χ3n) is 3.10. The second-order valence-electron chi connectivity index (χ2n) is 4.45. The number of aryl methyl sites for hydroxylation is 1. The van der Waals surface area contributed by atoms with Gasteiger partial charge in [0.2, 0.25) is 0 Å². The summed E-state index contributed by atoms with van der Waals surface area (Å²) in [6, 6.07) is 5.57. The molecule has 6 heteroatoms. The van der Waals surface area contributed by atoms with Gasteiger partial charge >= 0.3 is 0 Å². The maximum absolute atomic E-state index is 6.13. The molecule has 0 aliphatic rings. The summed E-state index contributed by atoms with van der Waals surface area (Å²) in [6.07, 6.45) is 0.723. The van der Waals surface area contributed by atoms with Crippen LogP contribution in [0.1, 0.15) is 18.3 Å². The first-order valence-electron chi connectivity index (χ1n) is 6.61. The first kappa shape index (κ1) is 15.4. The van der Waals surface area contributed by atoms with Crippen molar-refractivity contribution in [3.63, 3.8) is 0 Å². The minimum Gasteiger partial charge on any atom is -0.493 e. The Bertz CT molecular complexity index is 647. The van der Waals surface area contributed by atoms with E-state index in [2.05, 4.69) is 15.3 Å². The first-order valence-corrected chi connectivity index (χ1v) is 6.98. The van der Waals surface area contributed by atoms with E-state index in [1.807, 2.05) is 32.0 Å². The molecule has 0 aliphatic carbocycles. The number of methoxy groups -OCH3 is 2. The summed E-state index contributed by atoms with van der Waals surface area (Å²) in [5.74, 6) is 2.72. The van der Waals surface area contributed by atoms with E-state index in [0.717, 1.165) is 17.7 Å². The van der Waals surface area contributed by atoms with E-state index in [1.54, 1.807) is 14.2 Å². The Balaban J connectivity index is 2.36. The number of halogens is 1. The van der Waals surface area contributed by atoms with Gasteiger partial charge in [-0.15, -0.1) is 0 Å². The molecule has 0 bridgehead atoms. The quantitative estimate of drug-likeness (QED) is 0.852. The molecule has 0 saturated carbocycles. The number of benzene rings is 1. The predicted octanol–water partition coefficient (Wildman–Crippen LogP) is 3.76. The average Bonchev–Trinajstić information content (AvgIpc) is 2.51. The Labute approximate surface area is 129 Å². The Morgan fingerprint density at radius 3 is 2.48 bits per heavy atom. The second kappa shape index (κ2) is 6.63. The molecule has 0 unspecified atom stereocenters. The van der Waals surface area contributed by atoms with Crippen molar-refractivity contribution in [3.8, 4) is 11.5 Å². The van der Waals surface area contributed by atoms with Gasteiger partial charge in [0.25, 0.3) is 0 Å². The van der Waals surface area contributed by atoms with Crippen molar-refractivity contribution in [1.29, 1.82) is 0 Å². The van der Waals surface area contributed by atoms with E-state index in [1.165, 1.54) is 0 Å². The minimum absolute atomic E-state index is 0.463. The summed E-state index contributed by atoms with van der Waals surface area (Å²) < 4.78 is 10.5. The molecule has 0 atom stereocenters. The van der Waals surface area contributed by atoms with Gasteiger partial charge in [-0.05, 0) is 19.1 Å². The molecule has 1 aromatic carbocycles. The molecule has 5 nitrogen and oxygen atoms in total. The van der Waals surface area contributed by atoms with E-state index in [0.29, 0.717) is 28.3 Å². The lowest BCUT2D eigenvalue weighted by Crippen LogP contribution is -2.03. The molecule has 21 heavy (non-hydrogen) atoms. The molecule has 1 aromatic heterocycles. The molecule has 0 saturated heterocycles. The van der Waals surface area contributed by atoms with Gasteiger partial charge in [0.15, 0.2) is 11.5 Å². The molecule has 0 aliphatic heterocycles. The van der Waals surface area contributed by atoms with E-state index in [4.69, 9.17) is 21.1 Å². The van der Waals surface area contributed by atoms with Crippen LogP contribution in [0.2, 0.25) is 5.15 Å². The van der Waals surface area contributed by atoms with Gasteiger partial charge in [-0.2, -0.15) is 0 Å². The van der Waals surface area contributed by atoms with Crippen molar-refractivity contribution in [3.05, 3.63) is 34.7 Å². The molecular weight excluding hydrogens is 290 g/mol. The Kier molecular flexibility index (Phi) is 4.85. The van der Waals surface area contributed by atoms with Crippen molar-refractivity contribution < 1.29 is 9.47 Å². The highest BCUT2D eigenvalue weighted by molar-refractivity contribution is 6.30. The molecular formula is C15H18ClN3O2. The van der Waals surface area contributed by atoms with Gasteiger partial charge in [0.05, 0.1) is 14.2 Å². The number of aromatic nitrogens is 2. The van der Waals surface area contributed by atoms with Gasteiger partial charge in [-0.1, -0.05) is 18.5 Å². The van der Waals surface area contributed by atoms with Gasteiger partial charge in [-0.3, -0.25) is 0 Å². The van der Waals surface area contributed by atoms with Crippen LogP contribution < -0.4 is 14.8 Å². The fraction of sp³-hybridized carbons (Fsp3) is 0.333. The summed E-state index contributed by atoms with van der Waals surface area (Å²) >= 11 is 6.13. The molecule has 0 amide bonds. The van der Waals surface area contributed by atoms with Crippen LogP contribution in [-0.2, 0) is 6.42 Å². The van der Waals surface area contributed by atoms with Crippen LogP contribution in [0.3, 0.4) is 0 Å². The van der Waals surface area contributed by atoms with Crippen LogP contribution in [0.25, 0.3) is 0 Å². The molecule has 112 valence electrons. The van der Waals surface area contributed by atoms with Crippen LogP contribution in [0.5, 0.6) is 11.5 Å². The van der Waals surface area contributed by atoms with Gasteiger partial charge in [0.1, 0.15) is 16.8 Å². The Morgan fingerprint density at radius 1 is 1.14 bits per heavy atom. The zero-order valence-electron chi connectivity index (χ0n) is 12.5. The first-order chi connectivity index (χ1) is 10.1. The standard InChI is InChI=1S/C15H18ClN3O2/c1-5-13-18-14(16)9(2)15(19-13)17-10-6-7-11(20-3)12(8-10)21-4/h6-8H,5H2,1-4H3,(H,17,18,19). The van der Waals surface area contributed by atoms with E-state index in [-0.39, 0.29) is 0 Å². The highest BCUT2D eigenvalue weighted by Gasteiger charge is 2.10. The average molecular weight is 308 g/mol. The predicted molar refractivity (Wildman–Crippen MR) is 84.0 cm³/mol. The Hall–Kier alpha value is -2.01. The summed E-state index contributed by atoms with van der Waals surface area (Å²) in [6.45, 7) is 3.87. The molecule has 0 fully saturated rings. The Morgan fingerprint density at radius 2 is 1.86 bits per heavy atom. The molecule has 2 aromatic rings. The summed E-state index contributed by atoms with van der Waals surface area (Å²) in [5, 5.41) is 3.71. The highest BCUT2D eigenvalue weighted by atomic mass is 35.5. The van der Waals surface area contributed by atoms with Crippen LogP contribution in [0.4, 0.5) is 11.5 Å². The number of ether oxygens (including phenoxy) is 2. The number of rotatable bonds is 5. The smallest absolute Gasteiger partial charge is 0.162 e. The number of anilines is 2. The van der Waals surface area contributed by atoms with Crippen LogP contribution in [-0.4, -0.2) is 24.2 Å². The topological polar surface area (TPSA) is 56.3 Å². The maximum atomic E-state index is 6.13. The highest BCUT2D eigenvalue weighted by Crippen LogP contribution is 2.32. The number of hydrogen-bond acceptors (Lipinski definition) is 5. The third kappa shape index (κ3) is 3.36. The van der Waals surface area contributed by atoms with Gasteiger partial charge in [-0.25, -0.2) is 9.97 Å². The minimum atomic E-state index is 0.463. The van der Waals surface area contributed by atoms with Crippen molar-refractivity contribution in [2.24, 2.45) is 0 Å². The summed E-state index contributed by atoms with van der Waals surface area (Å²) in [5.41, 5.74) is 1.65. The zero-order chi connectivity index (χ0) is 15.4. The lowest BCUT2D eigenvalue weighted by Gasteiger charge is -2.13. The van der Waals surface area contributed by atoms with E-state index in [9.17, 15) is 0 Å². The number of nitrogens with one attached hydrogen (secondary N) is 1. The fourth-order valence-corrected chi connectivity index (χ4v) is 2.05. The molecule has 1 N–H and O–H groups in total. The largest absolute Gasteiger partial charge is 0.493 e. The number of hydrogen-bond donors (Lipinski definition) is 1. The third-order valence-corrected chi connectivity index (χ3v) is 3.46. The monoisotopic (exact) mass is 307 g/mol. The fourth-order valence-electron chi connectivity index (χ4n) is 1.86. The van der Waals surface area contributed by atoms with Crippen molar-refractivity contribution >= 4 is 23.1 Å². The van der Waals surface area contributed by atoms with Gasteiger partial charge in [0, 0.05) is 23.7 Å². The van der Waals surface area contributed by atoms with Crippen molar-refractivity contribution in [1.82, 2.24) is 9.97 Å². The van der Waals surface area contributed by atoms with Crippen LogP contribution in [0, 0.1) is 6.92 Å². The SMILES string of the molecule is CCc1nc(Cl)c(C)c(Nc2ccc(OC)c(OC)c2)n1. The number of nitrogens with zero attached hydrogens (tertiary/aromatic N) is 2. The van der Waals surface area contributed by atoms with E-state index >= 15 is 0 Å². The van der Waals surface area contributed by atoms with Crippen LogP contribution >= 0.6 is 11.6 Å². The molecule has 0 spiro atoms.